The van der Waals surface area contributed by atoms with E-state index in [1.54, 1.807) is 30.3 Å². The summed E-state index contributed by atoms with van der Waals surface area (Å²) in [6.45, 7) is 0. The van der Waals surface area contributed by atoms with Crippen LogP contribution < -0.4 is 15.0 Å². The molecule has 0 aliphatic rings. The maximum atomic E-state index is 12.3. The second kappa shape index (κ2) is 7.13. The molecule has 5 N–H and O–H groups in total. The quantitative estimate of drug-likeness (QED) is 0.594. The van der Waals surface area contributed by atoms with E-state index < -0.39 is 56.3 Å². The molecule has 0 aromatic heterocycles. The van der Waals surface area contributed by atoms with Gasteiger partial charge in [-0.25, -0.2) is 35.5 Å². The Balaban J connectivity index is 2.54. The number of primary sulfonamides is 2. The van der Waals surface area contributed by atoms with Crippen molar-refractivity contribution < 1.29 is 25.3 Å². The lowest BCUT2D eigenvalue weighted by Crippen LogP contribution is -2.21. The highest BCUT2D eigenvalue weighted by atomic mass is 35.5. The molecule has 0 fully saturated rings. The molecule has 0 saturated heterocycles. The molecule has 13 heteroatoms. The number of hydrogen-bond acceptors (Lipinski definition) is 6. The van der Waals surface area contributed by atoms with Gasteiger partial charge in [-0.3, -0.25) is 4.72 Å². The van der Waals surface area contributed by atoms with Crippen molar-refractivity contribution in [3.05, 3.63) is 53.1 Å². The van der Waals surface area contributed by atoms with Crippen molar-refractivity contribution >= 4 is 47.4 Å². The molecule has 142 valence electrons. The van der Waals surface area contributed by atoms with Gasteiger partial charge in [-0.05, 0) is 17.7 Å². The van der Waals surface area contributed by atoms with Gasteiger partial charge in [-0.1, -0.05) is 41.9 Å². The third kappa shape index (κ3) is 5.16. The molecule has 0 atom stereocenters. The fourth-order valence-corrected chi connectivity index (χ4v) is 5.21. The minimum absolute atomic E-state index is 0.449. The standard InChI is InChI=1S/C13H14ClN3O6S3/c14-10-6-11(13(26(16,22)23)7-12(10)25(15,20)21)17-24(18,19)8-9-4-2-1-3-5-9/h1-7,17H,8H2,(H2,15,20,21)(H2,16,22,23). The van der Waals surface area contributed by atoms with Crippen LogP contribution in [0.15, 0.2) is 52.3 Å². The smallest absolute Gasteiger partial charge is 0.240 e. The summed E-state index contributed by atoms with van der Waals surface area (Å²) in [5.41, 5.74) is -0.0368. The van der Waals surface area contributed by atoms with Gasteiger partial charge >= 0.3 is 0 Å². The zero-order chi connectivity index (χ0) is 19.8. The molecule has 2 aromatic rings. The maximum Gasteiger partial charge on any atom is 0.240 e. The van der Waals surface area contributed by atoms with Crippen LogP contribution in [0, 0.1) is 0 Å². The van der Waals surface area contributed by atoms with Gasteiger partial charge in [0.05, 0.1) is 16.5 Å². The second-order valence-corrected chi connectivity index (χ2v) is 10.4. The Labute approximate surface area is 156 Å². The Kier molecular flexibility index (Phi) is 5.66. The molecule has 0 saturated carbocycles. The van der Waals surface area contributed by atoms with E-state index in [2.05, 4.69) is 4.72 Å². The van der Waals surface area contributed by atoms with E-state index in [0.29, 0.717) is 11.6 Å². The molecule has 0 heterocycles. The minimum atomic E-state index is -4.48. The van der Waals surface area contributed by atoms with Crippen LogP contribution in [-0.4, -0.2) is 25.3 Å². The Morgan fingerprint density at radius 3 is 1.88 bits per heavy atom. The number of sulfonamides is 3. The van der Waals surface area contributed by atoms with Crippen molar-refractivity contribution in [2.24, 2.45) is 10.3 Å². The average molecular weight is 440 g/mol. The molecule has 2 aromatic carbocycles. The molecule has 0 unspecified atom stereocenters. The summed E-state index contributed by atoms with van der Waals surface area (Å²) in [5.74, 6) is -0.452. The molecular formula is C13H14ClN3O6S3. The first-order chi connectivity index (χ1) is 11.8. The van der Waals surface area contributed by atoms with E-state index in [-0.39, 0.29) is 0 Å². The Hall–Kier alpha value is -1.70. The van der Waals surface area contributed by atoms with Crippen LogP contribution in [0.5, 0.6) is 0 Å². The van der Waals surface area contributed by atoms with Crippen molar-refractivity contribution in [1.82, 2.24) is 0 Å². The van der Waals surface area contributed by atoms with Crippen molar-refractivity contribution in [2.45, 2.75) is 15.5 Å². The lowest BCUT2D eigenvalue weighted by atomic mass is 10.2. The monoisotopic (exact) mass is 439 g/mol. The van der Waals surface area contributed by atoms with E-state index in [4.69, 9.17) is 21.9 Å². The van der Waals surface area contributed by atoms with Gasteiger partial charge in [0.1, 0.15) is 9.79 Å². The van der Waals surface area contributed by atoms with Crippen molar-refractivity contribution in [1.29, 1.82) is 0 Å². The topological polar surface area (TPSA) is 166 Å². The molecule has 9 nitrogen and oxygen atoms in total. The summed E-state index contributed by atoms with van der Waals surface area (Å²) >= 11 is 5.80. The fraction of sp³-hybridized carbons (Fsp3) is 0.0769. The normalized spacial score (nSPS) is 12.7. The van der Waals surface area contributed by atoms with Crippen LogP contribution in [0.2, 0.25) is 5.02 Å². The van der Waals surface area contributed by atoms with Crippen LogP contribution in [0.1, 0.15) is 5.56 Å². The van der Waals surface area contributed by atoms with E-state index in [1.807, 2.05) is 0 Å². The molecule has 0 bridgehead atoms. The highest BCUT2D eigenvalue weighted by Gasteiger charge is 2.24. The van der Waals surface area contributed by atoms with Crippen molar-refractivity contribution in [3.8, 4) is 0 Å². The Bertz CT molecular complexity index is 1150. The summed E-state index contributed by atoms with van der Waals surface area (Å²) in [6.07, 6.45) is 0. The summed E-state index contributed by atoms with van der Waals surface area (Å²) < 4.78 is 73.2. The number of benzene rings is 2. The SMILES string of the molecule is NS(=O)(=O)c1cc(S(N)(=O)=O)c(NS(=O)(=O)Cc2ccccc2)cc1Cl. The zero-order valence-corrected chi connectivity index (χ0v) is 16.2. The number of nitrogens with two attached hydrogens (primary N) is 2. The maximum absolute atomic E-state index is 12.3. The van der Waals surface area contributed by atoms with Gasteiger partial charge in [0.25, 0.3) is 0 Å². The molecule has 0 aliphatic carbocycles. The summed E-state index contributed by atoms with van der Waals surface area (Å²) in [7, 11) is -12.9. The van der Waals surface area contributed by atoms with Gasteiger partial charge in [-0.2, -0.15) is 0 Å². The molecule has 2 rings (SSSR count). The van der Waals surface area contributed by atoms with Crippen LogP contribution in [-0.2, 0) is 35.8 Å². The summed E-state index contributed by atoms with van der Waals surface area (Å²) in [5, 5.41) is 9.55. The van der Waals surface area contributed by atoms with E-state index in [1.165, 1.54) is 0 Å². The average Bonchev–Trinajstić information content (AvgIpc) is 2.44. The summed E-state index contributed by atoms with van der Waals surface area (Å²) in [6, 6.07) is 9.54. The molecule has 0 amide bonds. The van der Waals surface area contributed by atoms with E-state index >= 15 is 0 Å². The molecular weight excluding hydrogens is 426 g/mol. The predicted molar refractivity (Wildman–Crippen MR) is 96.9 cm³/mol. The van der Waals surface area contributed by atoms with Gasteiger partial charge in [0, 0.05) is 0 Å². The third-order valence-corrected chi connectivity index (χ3v) is 6.68. The molecule has 0 spiro atoms. The first kappa shape index (κ1) is 20.6. The third-order valence-electron chi connectivity index (χ3n) is 3.11. The zero-order valence-electron chi connectivity index (χ0n) is 13.0. The highest BCUT2D eigenvalue weighted by Crippen LogP contribution is 2.31. The van der Waals surface area contributed by atoms with Crippen molar-refractivity contribution in [3.63, 3.8) is 0 Å². The highest BCUT2D eigenvalue weighted by molar-refractivity contribution is 7.92. The molecule has 0 radical (unpaired) electrons. The number of halogens is 1. The van der Waals surface area contributed by atoms with E-state index in [9.17, 15) is 25.3 Å². The van der Waals surface area contributed by atoms with Crippen molar-refractivity contribution in [2.75, 3.05) is 4.72 Å². The first-order valence-electron chi connectivity index (χ1n) is 6.73. The number of hydrogen-bond donors (Lipinski definition) is 3. The summed E-state index contributed by atoms with van der Waals surface area (Å²) in [4.78, 5) is -1.48. The van der Waals surface area contributed by atoms with Gasteiger partial charge in [0.2, 0.25) is 30.1 Å². The van der Waals surface area contributed by atoms with Crippen LogP contribution in [0.4, 0.5) is 5.69 Å². The van der Waals surface area contributed by atoms with E-state index in [0.717, 1.165) is 6.07 Å². The predicted octanol–water partition coefficient (Wildman–Crippen LogP) is 0.577. The largest absolute Gasteiger partial charge is 0.282 e. The fourth-order valence-electron chi connectivity index (χ4n) is 2.07. The van der Waals surface area contributed by atoms with Crippen LogP contribution in [0.25, 0.3) is 0 Å². The lowest BCUT2D eigenvalue weighted by Gasteiger charge is -2.14. The molecule has 0 aliphatic heterocycles. The van der Waals surface area contributed by atoms with Gasteiger partial charge in [-0.15, -0.1) is 0 Å². The number of nitrogens with one attached hydrogen (secondary N) is 1. The Morgan fingerprint density at radius 1 is 0.846 bits per heavy atom. The lowest BCUT2D eigenvalue weighted by molar-refractivity contribution is 0.596. The minimum Gasteiger partial charge on any atom is -0.282 e. The van der Waals surface area contributed by atoms with Gasteiger partial charge in [0.15, 0.2) is 0 Å². The second-order valence-electron chi connectivity index (χ2n) is 5.22. The van der Waals surface area contributed by atoms with Gasteiger partial charge < -0.3 is 0 Å². The number of rotatable bonds is 6. The van der Waals surface area contributed by atoms with Crippen LogP contribution in [0.3, 0.4) is 0 Å². The van der Waals surface area contributed by atoms with Crippen LogP contribution >= 0.6 is 11.6 Å². The molecule has 26 heavy (non-hydrogen) atoms. The number of anilines is 1. The Morgan fingerprint density at radius 2 is 1.38 bits per heavy atom. The first-order valence-corrected chi connectivity index (χ1v) is 11.9.